The molecule has 1 heterocycles. The van der Waals surface area contributed by atoms with Crippen LogP contribution < -0.4 is 4.74 Å². The van der Waals surface area contributed by atoms with Crippen LogP contribution in [0.3, 0.4) is 0 Å². The van der Waals surface area contributed by atoms with Crippen LogP contribution in [0.2, 0.25) is 0 Å². The monoisotopic (exact) mass is 282 g/mol. The Kier molecular flexibility index (Phi) is 3.85. The van der Waals surface area contributed by atoms with Crippen molar-refractivity contribution >= 4 is 19.7 Å². The van der Waals surface area contributed by atoms with E-state index in [0.717, 1.165) is 7.11 Å². The highest BCUT2D eigenvalue weighted by atomic mass is 35.7. The summed E-state index contributed by atoms with van der Waals surface area (Å²) >= 11 is 0. The number of rotatable bonds is 3. The Morgan fingerprint density at radius 1 is 1.59 bits per heavy atom. The topological polar surface area (TPSA) is 80.0 Å². The summed E-state index contributed by atoms with van der Waals surface area (Å²) in [6.07, 6.45) is -3.12. The first-order chi connectivity index (χ1) is 7.81. The molecule has 0 aliphatic heterocycles. The van der Waals surface area contributed by atoms with Crippen molar-refractivity contribution in [2.24, 2.45) is 0 Å². The van der Waals surface area contributed by atoms with Crippen molar-refractivity contribution in [1.29, 1.82) is 5.26 Å². The fourth-order valence-electron chi connectivity index (χ4n) is 1.13. The minimum absolute atomic E-state index is 0.388. The number of halogens is 3. The largest absolute Gasteiger partial charge is 0.480 e. The molecule has 1 aromatic heterocycles. The van der Waals surface area contributed by atoms with Gasteiger partial charge in [-0.05, 0) is 6.07 Å². The van der Waals surface area contributed by atoms with Gasteiger partial charge in [0.1, 0.15) is 11.8 Å². The second-order valence-corrected chi connectivity index (χ2v) is 5.29. The van der Waals surface area contributed by atoms with E-state index in [1.54, 1.807) is 0 Å². The van der Waals surface area contributed by atoms with Crippen molar-refractivity contribution in [2.75, 3.05) is 7.11 Å². The quantitative estimate of drug-likeness (QED) is 0.790. The summed E-state index contributed by atoms with van der Waals surface area (Å²) in [5.41, 5.74) is -1.30. The summed E-state index contributed by atoms with van der Waals surface area (Å²) in [7, 11) is 1.60. The average Bonchev–Trinajstić information content (AvgIpc) is 2.25. The zero-order chi connectivity index (χ0) is 13.2. The number of aromatic nitrogens is 1. The fraction of sp³-hybridized carbons (Fsp3) is 0.250. The van der Waals surface area contributed by atoms with Gasteiger partial charge in [-0.15, -0.1) is 0 Å². The molecule has 0 fully saturated rings. The van der Waals surface area contributed by atoms with E-state index in [4.69, 9.17) is 15.9 Å². The standard InChI is InChI=1S/C8H5ClF2N2O3S/c1-16-8-6(17(9,14)15)5(7(10)11)2-4(3-12)13-8/h2,7H,1H3. The summed E-state index contributed by atoms with van der Waals surface area (Å²) in [5.74, 6) is -0.630. The molecule has 17 heavy (non-hydrogen) atoms. The van der Waals surface area contributed by atoms with E-state index in [-0.39, 0.29) is 5.69 Å². The Bertz CT molecular complexity index is 583. The third kappa shape index (κ3) is 2.81. The molecule has 0 bridgehead atoms. The van der Waals surface area contributed by atoms with Crippen LogP contribution in [0.15, 0.2) is 11.0 Å². The number of nitrogens with zero attached hydrogens (tertiary/aromatic N) is 2. The molecule has 9 heteroatoms. The van der Waals surface area contributed by atoms with E-state index in [2.05, 4.69) is 9.72 Å². The number of hydrogen-bond acceptors (Lipinski definition) is 5. The maximum absolute atomic E-state index is 12.7. The van der Waals surface area contributed by atoms with E-state index in [9.17, 15) is 17.2 Å². The van der Waals surface area contributed by atoms with Crippen molar-refractivity contribution in [3.63, 3.8) is 0 Å². The van der Waals surface area contributed by atoms with Crippen LogP contribution in [0, 0.1) is 11.3 Å². The average molecular weight is 283 g/mol. The second-order valence-electron chi connectivity index (χ2n) is 2.79. The van der Waals surface area contributed by atoms with Gasteiger partial charge in [0.05, 0.1) is 7.11 Å². The number of nitriles is 1. The van der Waals surface area contributed by atoms with Crippen molar-refractivity contribution in [3.8, 4) is 11.9 Å². The van der Waals surface area contributed by atoms with E-state index < -0.39 is 31.8 Å². The highest BCUT2D eigenvalue weighted by Crippen LogP contribution is 2.34. The lowest BCUT2D eigenvalue weighted by Gasteiger charge is -2.10. The predicted octanol–water partition coefficient (Wildman–Crippen LogP) is 1.83. The molecule has 5 nitrogen and oxygen atoms in total. The lowest BCUT2D eigenvalue weighted by Crippen LogP contribution is -2.06. The molecule has 0 N–H and O–H groups in total. The SMILES string of the molecule is COc1nc(C#N)cc(C(F)F)c1S(=O)(=O)Cl. The van der Waals surface area contributed by atoms with Crippen molar-refractivity contribution < 1.29 is 21.9 Å². The molecule has 92 valence electrons. The number of methoxy groups -OCH3 is 1. The molecule has 1 aromatic rings. The minimum atomic E-state index is -4.45. The van der Waals surface area contributed by atoms with Crippen molar-refractivity contribution in [3.05, 3.63) is 17.3 Å². The third-order valence-electron chi connectivity index (χ3n) is 1.76. The van der Waals surface area contributed by atoms with Gasteiger partial charge in [-0.3, -0.25) is 0 Å². The van der Waals surface area contributed by atoms with Gasteiger partial charge in [-0.25, -0.2) is 22.2 Å². The Morgan fingerprint density at radius 2 is 2.18 bits per heavy atom. The number of pyridine rings is 1. The maximum atomic E-state index is 12.7. The van der Waals surface area contributed by atoms with Gasteiger partial charge in [-0.2, -0.15) is 5.26 Å². The first-order valence-corrected chi connectivity index (χ1v) is 6.34. The van der Waals surface area contributed by atoms with Gasteiger partial charge in [0, 0.05) is 16.2 Å². The zero-order valence-corrected chi connectivity index (χ0v) is 9.89. The van der Waals surface area contributed by atoms with Gasteiger partial charge < -0.3 is 4.74 Å². The Hall–Kier alpha value is -1.46. The van der Waals surface area contributed by atoms with Crippen molar-refractivity contribution in [1.82, 2.24) is 4.98 Å². The molecule has 0 amide bonds. The Labute approximate surface area is 100 Å². The fourth-order valence-corrected chi connectivity index (χ4v) is 2.36. The molecule has 0 aliphatic carbocycles. The zero-order valence-electron chi connectivity index (χ0n) is 8.32. The lowest BCUT2D eigenvalue weighted by atomic mass is 10.2. The first kappa shape index (κ1) is 13.6. The molecular weight excluding hydrogens is 278 g/mol. The van der Waals surface area contributed by atoms with E-state index >= 15 is 0 Å². The molecule has 0 saturated carbocycles. The van der Waals surface area contributed by atoms with E-state index in [1.807, 2.05) is 0 Å². The second kappa shape index (κ2) is 4.81. The maximum Gasteiger partial charge on any atom is 0.267 e. The third-order valence-corrected chi connectivity index (χ3v) is 3.12. The van der Waals surface area contributed by atoms with Gasteiger partial charge in [-0.1, -0.05) is 0 Å². The molecule has 0 aromatic carbocycles. The van der Waals surface area contributed by atoms with Crippen LogP contribution in [0.1, 0.15) is 17.7 Å². The normalized spacial score (nSPS) is 11.3. The number of hydrogen-bond donors (Lipinski definition) is 0. The van der Waals surface area contributed by atoms with Gasteiger partial charge in [0.2, 0.25) is 5.88 Å². The van der Waals surface area contributed by atoms with Crippen LogP contribution in [0.25, 0.3) is 0 Å². The van der Waals surface area contributed by atoms with Crippen LogP contribution in [0.4, 0.5) is 8.78 Å². The molecule has 0 unspecified atom stereocenters. The first-order valence-electron chi connectivity index (χ1n) is 4.03. The van der Waals surface area contributed by atoms with Gasteiger partial charge >= 0.3 is 0 Å². The molecule has 0 atom stereocenters. The molecule has 0 aliphatic rings. The number of ether oxygens (including phenoxy) is 1. The molecule has 0 radical (unpaired) electrons. The van der Waals surface area contributed by atoms with Crippen LogP contribution in [-0.2, 0) is 9.05 Å². The summed E-state index contributed by atoms with van der Waals surface area (Å²) in [5, 5.41) is 8.56. The van der Waals surface area contributed by atoms with Crippen LogP contribution >= 0.6 is 10.7 Å². The summed E-state index contributed by atoms with van der Waals surface area (Å²) in [6.45, 7) is 0. The van der Waals surface area contributed by atoms with Gasteiger partial charge in [0.15, 0.2) is 4.90 Å². The lowest BCUT2D eigenvalue weighted by molar-refractivity contribution is 0.146. The van der Waals surface area contributed by atoms with Crippen LogP contribution in [0.5, 0.6) is 5.88 Å². The molecule has 0 spiro atoms. The van der Waals surface area contributed by atoms with Crippen molar-refractivity contribution in [2.45, 2.75) is 11.3 Å². The van der Waals surface area contributed by atoms with E-state index in [0.29, 0.717) is 6.07 Å². The smallest absolute Gasteiger partial charge is 0.267 e. The Balaban J connectivity index is 3.72. The highest BCUT2D eigenvalue weighted by molar-refractivity contribution is 8.13. The highest BCUT2D eigenvalue weighted by Gasteiger charge is 2.28. The predicted molar refractivity (Wildman–Crippen MR) is 53.5 cm³/mol. The van der Waals surface area contributed by atoms with E-state index in [1.165, 1.54) is 6.07 Å². The summed E-state index contributed by atoms with van der Waals surface area (Å²) in [4.78, 5) is 2.52. The molecule has 1 rings (SSSR count). The van der Waals surface area contributed by atoms with Crippen LogP contribution in [-0.4, -0.2) is 20.5 Å². The Morgan fingerprint density at radius 3 is 2.53 bits per heavy atom. The summed E-state index contributed by atoms with van der Waals surface area (Å²) < 4.78 is 52.2. The summed E-state index contributed by atoms with van der Waals surface area (Å²) in [6, 6.07) is 2.17. The number of alkyl halides is 2. The molecular formula is C8H5ClF2N2O3S. The minimum Gasteiger partial charge on any atom is -0.480 e. The molecule has 0 saturated heterocycles. The van der Waals surface area contributed by atoms with Gasteiger partial charge in [0.25, 0.3) is 15.5 Å².